The van der Waals surface area contributed by atoms with Crippen molar-refractivity contribution in [1.82, 2.24) is 9.66 Å². The molecule has 0 bridgehead atoms. The molecule has 1 aliphatic carbocycles. The smallest absolute Gasteiger partial charge is 0.335 e. The van der Waals surface area contributed by atoms with Crippen molar-refractivity contribution in [2.45, 2.75) is 44.6 Å². The molecule has 1 N–H and O–H groups in total. The number of rotatable bonds is 7. The molecule has 7 nitrogen and oxygen atoms in total. The van der Waals surface area contributed by atoms with Gasteiger partial charge < -0.3 is 9.84 Å². The van der Waals surface area contributed by atoms with Gasteiger partial charge in [-0.15, -0.1) is 0 Å². The van der Waals surface area contributed by atoms with Crippen molar-refractivity contribution in [3.8, 4) is 5.75 Å². The highest BCUT2D eigenvalue weighted by Crippen LogP contribution is 2.35. The number of carboxylic acids is 1. The summed E-state index contributed by atoms with van der Waals surface area (Å²) in [4.78, 5) is 29.4. The lowest BCUT2D eigenvalue weighted by molar-refractivity contribution is 0.0697. The Hall–Kier alpha value is -3.20. The SMILES string of the molecule is O=C(O)c1ccc(COc2c(Cl)cc(C=Nn3c(C4CCCCC4)nc4ccc(Br)cc4c3=O)cc2Cl)cc1. The minimum Gasteiger partial charge on any atom is -0.486 e. The van der Waals surface area contributed by atoms with Crippen molar-refractivity contribution in [1.29, 1.82) is 0 Å². The summed E-state index contributed by atoms with van der Waals surface area (Å²) in [7, 11) is 0. The summed E-state index contributed by atoms with van der Waals surface area (Å²) in [5.41, 5.74) is 1.98. The molecule has 1 fully saturated rings. The van der Waals surface area contributed by atoms with Crippen molar-refractivity contribution in [3.05, 3.63) is 102 Å². The molecule has 1 saturated carbocycles. The predicted octanol–water partition coefficient (Wildman–Crippen LogP) is 7.67. The Morgan fingerprint density at radius 1 is 1.08 bits per heavy atom. The average molecular weight is 629 g/mol. The number of nitrogens with zero attached hydrogens (tertiary/aromatic N) is 3. The number of aromatic nitrogens is 2. The molecule has 1 aromatic heterocycles. The Kier molecular flexibility index (Phi) is 8.35. The summed E-state index contributed by atoms with van der Waals surface area (Å²) >= 11 is 16.4. The largest absolute Gasteiger partial charge is 0.486 e. The third-order valence-electron chi connectivity index (χ3n) is 6.73. The van der Waals surface area contributed by atoms with E-state index in [1.165, 1.54) is 23.2 Å². The molecule has 39 heavy (non-hydrogen) atoms. The van der Waals surface area contributed by atoms with E-state index >= 15 is 0 Å². The Labute approximate surface area is 243 Å². The van der Waals surface area contributed by atoms with Gasteiger partial charge in [0.05, 0.1) is 32.7 Å². The maximum absolute atomic E-state index is 13.5. The van der Waals surface area contributed by atoms with E-state index in [0.29, 0.717) is 28.0 Å². The van der Waals surface area contributed by atoms with Crippen LogP contribution in [0.2, 0.25) is 10.0 Å². The molecule has 0 radical (unpaired) electrons. The highest BCUT2D eigenvalue weighted by Gasteiger charge is 2.22. The molecule has 1 heterocycles. The van der Waals surface area contributed by atoms with Gasteiger partial charge in [-0.3, -0.25) is 4.79 Å². The number of hydrogen-bond acceptors (Lipinski definition) is 5. The second-order valence-corrected chi connectivity index (χ2v) is 11.2. The van der Waals surface area contributed by atoms with Crippen molar-refractivity contribution in [2.24, 2.45) is 5.10 Å². The molecule has 0 unspecified atom stereocenters. The van der Waals surface area contributed by atoms with Crippen LogP contribution >= 0.6 is 39.1 Å². The zero-order valence-electron chi connectivity index (χ0n) is 20.7. The van der Waals surface area contributed by atoms with Crippen LogP contribution in [0.3, 0.4) is 0 Å². The van der Waals surface area contributed by atoms with Crippen molar-refractivity contribution >= 4 is 62.2 Å². The van der Waals surface area contributed by atoms with Crippen LogP contribution in [0.25, 0.3) is 10.9 Å². The Morgan fingerprint density at radius 2 is 1.77 bits per heavy atom. The third-order valence-corrected chi connectivity index (χ3v) is 7.79. The zero-order chi connectivity index (χ0) is 27.5. The summed E-state index contributed by atoms with van der Waals surface area (Å²) in [6.45, 7) is 0.158. The van der Waals surface area contributed by atoms with Crippen molar-refractivity contribution in [3.63, 3.8) is 0 Å². The zero-order valence-corrected chi connectivity index (χ0v) is 23.8. The monoisotopic (exact) mass is 627 g/mol. The van der Waals surface area contributed by atoms with E-state index in [2.05, 4.69) is 21.0 Å². The van der Waals surface area contributed by atoms with E-state index in [0.717, 1.165) is 35.7 Å². The lowest BCUT2D eigenvalue weighted by Crippen LogP contribution is -2.25. The maximum Gasteiger partial charge on any atom is 0.335 e. The van der Waals surface area contributed by atoms with Gasteiger partial charge in [-0.1, -0.05) is 70.5 Å². The normalized spacial score (nSPS) is 14.2. The molecular weight excluding hydrogens is 605 g/mol. The first-order valence-corrected chi connectivity index (χ1v) is 14.1. The lowest BCUT2D eigenvalue weighted by atomic mass is 9.88. The molecule has 0 spiro atoms. The summed E-state index contributed by atoms with van der Waals surface area (Å²) in [6.07, 6.45) is 6.85. The van der Waals surface area contributed by atoms with Gasteiger partial charge in [-0.05, 0) is 66.4 Å². The topological polar surface area (TPSA) is 93.8 Å². The molecule has 1 aliphatic rings. The fourth-order valence-electron chi connectivity index (χ4n) is 4.72. The van der Waals surface area contributed by atoms with Crippen LogP contribution in [0.4, 0.5) is 0 Å². The highest BCUT2D eigenvalue weighted by atomic mass is 79.9. The molecule has 200 valence electrons. The molecule has 0 amide bonds. The summed E-state index contributed by atoms with van der Waals surface area (Å²) < 4.78 is 8.02. The molecule has 5 rings (SSSR count). The molecule has 0 aliphatic heterocycles. The minimum atomic E-state index is -0.994. The van der Waals surface area contributed by atoms with Crippen LogP contribution < -0.4 is 10.3 Å². The minimum absolute atomic E-state index is 0.157. The number of aromatic carboxylic acids is 1. The van der Waals surface area contributed by atoms with Crippen LogP contribution in [0.1, 0.15) is 65.3 Å². The van der Waals surface area contributed by atoms with Crippen LogP contribution in [0, 0.1) is 0 Å². The molecular formula is C29H24BrCl2N3O4. The summed E-state index contributed by atoms with van der Waals surface area (Å²) in [6, 6.07) is 15.2. The van der Waals surface area contributed by atoms with Crippen molar-refractivity contribution < 1.29 is 14.6 Å². The maximum atomic E-state index is 13.5. The Morgan fingerprint density at radius 3 is 2.44 bits per heavy atom. The van der Waals surface area contributed by atoms with Gasteiger partial charge in [0.25, 0.3) is 5.56 Å². The number of fused-ring (bicyclic) bond motifs is 1. The van der Waals surface area contributed by atoms with Crippen LogP contribution in [-0.4, -0.2) is 27.0 Å². The lowest BCUT2D eigenvalue weighted by Gasteiger charge is -2.22. The first kappa shape index (κ1) is 27.4. The third kappa shape index (κ3) is 6.19. The first-order chi connectivity index (χ1) is 18.8. The van der Waals surface area contributed by atoms with E-state index in [4.69, 9.17) is 38.0 Å². The molecule has 0 saturated heterocycles. The number of ether oxygens (including phenoxy) is 1. The number of carbonyl (C=O) groups is 1. The van der Waals surface area contributed by atoms with Gasteiger partial charge in [0, 0.05) is 10.4 Å². The standard InChI is InChI=1S/C29H24BrCl2N3O4/c30-21-10-11-25-22(14-21)28(36)35(27(34-25)19-4-2-1-3-5-19)33-15-18-12-23(31)26(24(32)13-18)39-16-17-6-8-20(9-7-17)29(37)38/h6-15,19H,1-5,16H2,(H,37,38). The van der Waals surface area contributed by atoms with E-state index in [1.807, 2.05) is 12.1 Å². The Bertz CT molecular complexity index is 1610. The number of carboxylic acid groups (broad SMARTS) is 1. The molecule has 0 atom stereocenters. The summed E-state index contributed by atoms with van der Waals surface area (Å²) in [5, 5.41) is 14.7. The Balaban J connectivity index is 1.43. The van der Waals surface area contributed by atoms with Crippen LogP contribution in [0.5, 0.6) is 5.75 Å². The first-order valence-electron chi connectivity index (χ1n) is 12.5. The summed E-state index contributed by atoms with van der Waals surface area (Å²) in [5.74, 6) is 0.127. The van der Waals surface area contributed by atoms with Gasteiger partial charge in [-0.25, -0.2) is 9.78 Å². The second kappa shape index (κ2) is 11.9. The average Bonchev–Trinajstić information content (AvgIpc) is 2.93. The molecule has 3 aromatic carbocycles. The van der Waals surface area contributed by atoms with E-state index < -0.39 is 5.97 Å². The van der Waals surface area contributed by atoms with Crippen LogP contribution in [0.15, 0.2) is 69.0 Å². The van der Waals surface area contributed by atoms with Crippen molar-refractivity contribution in [2.75, 3.05) is 0 Å². The van der Waals surface area contributed by atoms with E-state index in [9.17, 15) is 9.59 Å². The molecule has 10 heteroatoms. The second-order valence-electron chi connectivity index (χ2n) is 9.43. The van der Waals surface area contributed by atoms with E-state index in [1.54, 1.807) is 36.5 Å². The molecule has 4 aromatic rings. The number of halogens is 3. The highest BCUT2D eigenvalue weighted by molar-refractivity contribution is 9.10. The van der Waals surface area contributed by atoms with Gasteiger partial charge in [0.2, 0.25) is 0 Å². The fraction of sp³-hybridized carbons (Fsp3) is 0.241. The van der Waals surface area contributed by atoms with Gasteiger partial charge in [0.15, 0.2) is 5.75 Å². The van der Waals surface area contributed by atoms with Gasteiger partial charge in [0.1, 0.15) is 12.4 Å². The van der Waals surface area contributed by atoms with E-state index in [-0.39, 0.29) is 33.7 Å². The predicted molar refractivity (Wildman–Crippen MR) is 157 cm³/mol. The number of benzene rings is 3. The van der Waals surface area contributed by atoms with Gasteiger partial charge >= 0.3 is 5.97 Å². The number of hydrogen-bond donors (Lipinski definition) is 1. The fourth-order valence-corrected chi connectivity index (χ4v) is 5.69. The quantitative estimate of drug-likeness (QED) is 0.212. The van der Waals surface area contributed by atoms with Gasteiger partial charge in [-0.2, -0.15) is 9.78 Å². The van der Waals surface area contributed by atoms with Crippen LogP contribution in [-0.2, 0) is 6.61 Å².